The highest BCUT2D eigenvalue weighted by Gasteiger charge is 2.30. The number of benzene rings is 1. The number of methoxy groups -OCH3 is 1. The molecule has 0 saturated carbocycles. The third-order valence-corrected chi connectivity index (χ3v) is 5.42. The van der Waals surface area contributed by atoms with Crippen LogP contribution >= 0.6 is 0 Å². The fourth-order valence-corrected chi connectivity index (χ4v) is 3.90. The van der Waals surface area contributed by atoms with Crippen LogP contribution in [0.15, 0.2) is 18.2 Å². The van der Waals surface area contributed by atoms with Gasteiger partial charge in [0.2, 0.25) is 0 Å². The predicted octanol–water partition coefficient (Wildman–Crippen LogP) is 2.27. The molecule has 1 aromatic rings. The van der Waals surface area contributed by atoms with Crippen molar-refractivity contribution in [2.24, 2.45) is 11.8 Å². The van der Waals surface area contributed by atoms with E-state index >= 15 is 0 Å². The van der Waals surface area contributed by atoms with E-state index in [0.717, 1.165) is 37.9 Å². The van der Waals surface area contributed by atoms with Gasteiger partial charge in [-0.05, 0) is 61.3 Å². The molecular formula is C19H27NO4. The van der Waals surface area contributed by atoms with E-state index in [4.69, 9.17) is 9.47 Å². The van der Waals surface area contributed by atoms with Crippen LogP contribution in [-0.2, 0) is 22.4 Å². The van der Waals surface area contributed by atoms with Crippen LogP contribution in [0.25, 0.3) is 0 Å². The van der Waals surface area contributed by atoms with Gasteiger partial charge in [-0.15, -0.1) is 0 Å². The summed E-state index contributed by atoms with van der Waals surface area (Å²) >= 11 is 0. The standard InChI is InChI=1S/C19H27NO4/c1-23-17-5-3-13-2-4-16(10-15(13)11-17)20-12-18(19(21)22)14-6-8-24-9-7-14/h3,5,11,14,16,18,20H,2,4,6-10,12H2,1H3,(H,21,22). The highest BCUT2D eigenvalue weighted by molar-refractivity contribution is 5.70. The topological polar surface area (TPSA) is 67.8 Å². The summed E-state index contributed by atoms with van der Waals surface area (Å²) in [6.45, 7) is 1.92. The molecule has 24 heavy (non-hydrogen) atoms. The molecule has 132 valence electrons. The molecule has 1 heterocycles. The van der Waals surface area contributed by atoms with Crippen molar-refractivity contribution in [2.45, 2.75) is 38.1 Å². The molecule has 2 aliphatic rings. The second-order valence-electron chi connectivity index (χ2n) is 6.88. The van der Waals surface area contributed by atoms with E-state index in [1.165, 1.54) is 11.1 Å². The molecule has 0 spiro atoms. The molecule has 0 amide bonds. The van der Waals surface area contributed by atoms with Crippen molar-refractivity contribution in [2.75, 3.05) is 26.9 Å². The summed E-state index contributed by atoms with van der Waals surface area (Å²) in [7, 11) is 1.69. The van der Waals surface area contributed by atoms with Gasteiger partial charge in [0.1, 0.15) is 5.75 Å². The quantitative estimate of drug-likeness (QED) is 0.836. The monoisotopic (exact) mass is 333 g/mol. The summed E-state index contributed by atoms with van der Waals surface area (Å²) < 4.78 is 10.7. The van der Waals surface area contributed by atoms with Gasteiger partial charge in [0, 0.05) is 25.8 Å². The van der Waals surface area contributed by atoms with E-state index in [9.17, 15) is 9.90 Å². The van der Waals surface area contributed by atoms with Gasteiger partial charge in [0.05, 0.1) is 13.0 Å². The summed E-state index contributed by atoms with van der Waals surface area (Å²) in [4.78, 5) is 11.7. The number of aliphatic carboxylic acids is 1. The lowest BCUT2D eigenvalue weighted by molar-refractivity contribution is -0.144. The maximum atomic E-state index is 11.7. The van der Waals surface area contributed by atoms with E-state index in [-0.39, 0.29) is 11.8 Å². The zero-order valence-corrected chi connectivity index (χ0v) is 14.3. The van der Waals surface area contributed by atoms with Crippen molar-refractivity contribution in [3.8, 4) is 5.75 Å². The molecule has 1 fully saturated rings. The van der Waals surface area contributed by atoms with Crippen molar-refractivity contribution < 1.29 is 19.4 Å². The molecule has 5 nitrogen and oxygen atoms in total. The Morgan fingerprint density at radius 1 is 1.33 bits per heavy atom. The summed E-state index contributed by atoms with van der Waals surface area (Å²) in [5.41, 5.74) is 2.70. The van der Waals surface area contributed by atoms with Crippen LogP contribution in [0.2, 0.25) is 0 Å². The summed E-state index contributed by atoms with van der Waals surface area (Å²) in [6.07, 6.45) is 4.73. The Morgan fingerprint density at radius 2 is 2.12 bits per heavy atom. The minimum absolute atomic E-state index is 0.222. The number of hydrogen-bond acceptors (Lipinski definition) is 4. The zero-order valence-electron chi connectivity index (χ0n) is 14.3. The van der Waals surface area contributed by atoms with Crippen LogP contribution in [0, 0.1) is 11.8 Å². The normalized spacial score (nSPS) is 22.6. The van der Waals surface area contributed by atoms with Gasteiger partial charge in [0.15, 0.2) is 0 Å². The SMILES string of the molecule is COc1ccc2c(c1)CC(NCC(C(=O)O)C1CCOCC1)CC2. The Labute approximate surface area is 143 Å². The predicted molar refractivity (Wildman–Crippen MR) is 91.5 cm³/mol. The largest absolute Gasteiger partial charge is 0.497 e. The van der Waals surface area contributed by atoms with E-state index in [1.54, 1.807) is 7.11 Å². The van der Waals surface area contributed by atoms with Crippen LogP contribution in [0.3, 0.4) is 0 Å². The van der Waals surface area contributed by atoms with Gasteiger partial charge in [0.25, 0.3) is 0 Å². The zero-order chi connectivity index (χ0) is 16.9. The second-order valence-corrected chi connectivity index (χ2v) is 6.88. The minimum Gasteiger partial charge on any atom is -0.497 e. The molecule has 1 saturated heterocycles. The van der Waals surface area contributed by atoms with Crippen molar-refractivity contribution >= 4 is 5.97 Å². The summed E-state index contributed by atoms with van der Waals surface area (Å²) in [5.74, 6) is 0.104. The lowest BCUT2D eigenvalue weighted by Gasteiger charge is -2.31. The molecule has 3 rings (SSSR count). The Hall–Kier alpha value is -1.59. The third-order valence-electron chi connectivity index (χ3n) is 5.42. The van der Waals surface area contributed by atoms with E-state index in [1.807, 2.05) is 6.07 Å². The molecule has 1 aliphatic carbocycles. The number of carboxylic acids is 1. The maximum Gasteiger partial charge on any atom is 0.308 e. The number of nitrogens with one attached hydrogen (secondary N) is 1. The number of ether oxygens (including phenoxy) is 2. The number of aryl methyl sites for hydroxylation is 1. The molecule has 0 bridgehead atoms. The van der Waals surface area contributed by atoms with E-state index < -0.39 is 5.97 Å². The van der Waals surface area contributed by atoms with Gasteiger partial charge in [-0.2, -0.15) is 0 Å². The van der Waals surface area contributed by atoms with Crippen LogP contribution in [0.5, 0.6) is 5.75 Å². The molecule has 1 aromatic carbocycles. The van der Waals surface area contributed by atoms with E-state index in [0.29, 0.717) is 25.8 Å². The number of fused-ring (bicyclic) bond motifs is 1. The highest BCUT2D eigenvalue weighted by atomic mass is 16.5. The van der Waals surface area contributed by atoms with Gasteiger partial charge >= 0.3 is 5.97 Å². The Kier molecular flexibility index (Phi) is 5.74. The first-order valence-corrected chi connectivity index (χ1v) is 8.87. The molecule has 2 N–H and O–H groups in total. The molecule has 2 atom stereocenters. The Morgan fingerprint density at radius 3 is 2.83 bits per heavy atom. The van der Waals surface area contributed by atoms with Gasteiger partial charge in [-0.25, -0.2) is 0 Å². The first-order valence-electron chi connectivity index (χ1n) is 8.87. The highest BCUT2D eigenvalue weighted by Crippen LogP contribution is 2.27. The molecule has 1 aliphatic heterocycles. The first kappa shape index (κ1) is 17.2. The van der Waals surface area contributed by atoms with Crippen LogP contribution in [0.1, 0.15) is 30.4 Å². The smallest absolute Gasteiger partial charge is 0.308 e. The number of rotatable bonds is 6. The average Bonchev–Trinajstić information content (AvgIpc) is 2.62. The second kappa shape index (κ2) is 7.99. The summed E-state index contributed by atoms with van der Waals surface area (Å²) in [6, 6.07) is 6.60. The number of carbonyl (C=O) groups is 1. The minimum atomic E-state index is -0.688. The maximum absolute atomic E-state index is 11.7. The number of hydrogen-bond donors (Lipinski definition) is 2. The van der Waals surface area contributed by atoms with Crippen LogP contribution in [0.4, 0.5) is 0 Å². The Bertz CT molecular complexity index is 568. The fraction of sp³-hybridized carbons (Fsp3) is 0.632. The molecule has 0 aromatic heterocycles. The fourth-order valence-electron chi connectivity index (χ4n) is 3.90. The van der Waals surface area contributed by atoms with Crippen molar-refractivity contribution in [1.82, 2.24) is 5.32 Å². The van der Waals surface area contributed by atoms with Crippen molar-refractivity contribution in [3.63, 3.8) is 0 Å². The van der Waals surface area contributed by atoms with Gasteiger partial charge < -0.3 is 19.9 Å². The van der Waals surface area contributed by atoms with Crippen LogP contribution < -0.4 is 10.1 Å². The molecule has 0 radical (unpaired) electrons. The average molecular weight is 333 g/mol. The molecule has 5 heteroatoms. The molecular weight excluding hydrogens is 306 g/mol. The lowest BCUT2D eigenvalue weighted by atomic mass is 9.84. The van der Waals surface area contributed by atoms with Gasteiger partial charge in [-0.1, -0.05) is 6.07 Å². The van der Waals surface area contributed by atoms with E-state index in [2.05, 4.69) is 17.4 Å². The van der Waals surface area contributed by atoms with Crippen molar-refractivity contribution in [3.05, 3.63) is 29.3 Å². The van der Waals surface area contributed by atoms with Crippen molar-refractivity contribution in [1.29, 1.82) is 0 Å². The third kappa shape index (κ3) is 4.08. The molecule has 2 unspecified atom stereocenters. The Balaban J connectivity index is 1.58. The number of carboxylic acid groups (broad SMARTS) is 1. The lowest BCUT2D eigenvalue weighted by Crippen LogP contribution is -2.42. The van der Waals surface area contributed by atoms with Crippen LogP contribution in [-0.4, -0.2) is 44.0 Å². The first-order chi connectivity index (χ1) is 11.7. The van der Waals surface area contributed by atoms with Gasteiger partial charge in [-0.3, -0.25) is 4.79 Å². The summed E-state index contributed by atoms with van der Waals surface area (Å²) in [5, 5.41) is 13.1.